The molecule has 1 aliphatic heterocycles. The Morgan fingerprint density at radius 3 is 2.95 bits per heavy atom. The molecule has 0 bridgehead atoms. The van der Waals surface area contributed by atoms with Crippen molar-refractivity contribution in [2.45, 2.75) is 26.9 Å². The lowest BCUT2D eigenvalue weighted by atomic mass is 10.1. The highest BCUT2D eigenvalue weighted by Gasteiger charge is 2.19. The third-order valence-corrected chi connectivity index (χ3v) is 3.64. The predicted molar refractivity (Wildman–Crippen MR) is 72.0 cm³/mol. The number of halogens is 1. The van der Waals surface area contributed by atoms with Crippen LogP contribution in [0.15, 0.2) is 22.7 Å². The molecule has 4 nitrogen and oxygen atoms in total. The number of benzene rings is 1. The number of hydrogen-bond donors (Lipinski definition) is 0. The van der Waals surface area contributed by atoms with Crippen LogP contribution < -0.4 is 4.74 Å². The minimum absolute atomic E-state index is 0.230. The van der Waals surface area contributed by atoms with Gasteiger partial charge in [0, 0.05) is 30.8 Å². The second-order valence-electron chi connectivity index (χ2n) is 5.11. The first-order valence-corrected chi connectivity index (χ1v) is 6.69. The number of ether oxygens (including phenoxy) is 1. The van der Waals surface area contributed by atoms with Crippen molar-refractivity contribution in [1.29, 1.82) is 0 Å². The monoisotopic (exact) mass is 276 g/mol. The van der Waals surface area contributed by atoms with Gasteiger partial charge in [0.05, 0.1) is 5.69 Å². The molecule has 0 saturated heterocycles. The highest BCUT2D eigenvalue weighted by molar-refractivity contribution is 5.34. The minimum Gasteiger partial charge on any atom is -0.492 e. The molecule has 0 saturated carbocycles. The zero-order valence-electron chi connectivity index (χ0n) is 11.6. The van der Waals surface area contributed by atoms with Crippen molar-refractivity contribution in [2.75, 3.05) is 13.2 Å². The largest absolute Gasteiger partial charge is 0.492 e. The molecule has 1 aromatic carbocycles. The summed E-state index contributed by atoms with van der Waals surface area (Å²) >= 11 is 0. The molecule has 3 rings (SSSR count). The fourth-order valence-electron chi connectivity index (χ4n) is 2.50. The molecule has 5 heteroatoms. The van der Waals surface area contributed by atoms with Crippen molar-refractivity contribution in [1.82, 2.24) is 10.1 Å². The normalized spacial score (nSPS) is 15.6. The number of rotatable bonds is 2. The summed E-state index contributed by atoms with van der Waals surface area (Å²) in [6, 6.07) is 4.67. The number of fused-ring (bicyclic) bond motifs is 1. The second-order valence-corrected chi connectivity index (χ2v) is 5.11. The highest BCUT2D eigenvalue weighted by atomic mass is 19.1. The predicted octanol–water partition coefficient (Wildman–Crippen LogP) is 2.83. The molecule has 0 unspecified atom stereocenters. The van der Waals surface area contributed by atoms with Crippen molar-refractivity contribution >= 4 is 0 Å². The quantitative estimate of drug-likeness (QED) is 0.845. The van der Waals surface area contributed by atoms with Crippen molar-refractivity contribution < 1.29 is 13.7 Å². The smallest absolute Gasteiger partial charge is 0.138 e. The van der Waals surface area contributed by atoms with Crippen molar-refractivity contribution in [2.24, 2.45) is 0 Å². The molecule has 2 aromatic rings. The summed E-state index contributed by atoms with van der Waals surface area (Å²) < 4.78 is 24.2. The zero-order valence-corrected chi connectivity index (χ0v) is 11.6. The number of hydrogen-bond acceptors (Lipinski definition) is 4. The van der Waals surface area contributed by atoms with Gasteiger partial charge in [-0.2, -0.15) is 0 Å². The van der Waals surface area contributed by atoms with Crippen LogP contribution in [-0.2, 0) is 13.1 Å². The van der Waals surface area contributed by atoms with E-state index in [2.05, 4.69) is 10.1 Å². The molecule has 0 radical (unpaired) electrons. The summed E-state index contributed by atoms with van der Waals surface area (Å²) in [6.07, 6.45) is 0. The van der Waals surface area contributed by atoms with Crippen LogP contribution in [0.4, 0.5) is 4.39 Å². The van der Waals surface area contributed by atoms with E-state index in [0.717, 1.165) is 41.4 Å². The molecule has 0 spiro atoms. The van der Waals surface area contributed by atoms with Gasteiger partial charge >= 0.3 is 0 Å². The number of aromatic nitrogens is 1. The Bertz CT molecular complexity index is 605. The molecule has 0 aliphatic carbocycles. The van der Waals surface area contributed by atoms with Crippen LogP contribution in [0.2, 0.25) is 0 Å². The average molecular weight is 276 g/mol. The highest BCUT2D eigenvalue weighted by Crippen LogP contribution is 2.25. The number of aryl methyl sites for hydroxylation is 2. The topological polar surface area (TPSA) is 38.5 Å². The first-order chi connectivity index (χ1) is 9.63. The van der Waals surface area contributed by atoms with Crippen molar-refractivity contribution in [3.8, 4) is 5.75 Å². The van der Waals surface area contributed by atoms with Gasteiger partial charge in [-0.1, -0.05) is 5.16 Å². The van der Waals surface area contributed by atoms with Gasteiger partial charge in [0.25, 0.3) is 0 Å². The molecule has 106 valence electrons. The summed E-state index contributed by atoms with van der Waals surface area (Å²) in [5.74, 6) is 1.38. The third kappa shape index (κ3) is 2.54. The first-order valence-electron chi connectivity index (χ1n) is 6.69. The summed E-state index contributed by atoms with van der Waals surface area (Å²) in [6.45, 7) is 6.64. The summed E-state index contributed by atoms with van der Waals surface area (Å²) in [7, 11) is 0. The minimum atomic E-state index is -0.230. The molecular formula is C15H17FN2O2. The lowest BCUT2D eigenvalue weighted by Crippen LogP contribution is -2.25. The van der Waals surface area contributed by atoms with E-state index in [-0.39, 0.29) is 5.82 Å². The summed E-state index contributed by atoms with van der Waals surface area (Å²) in [4.78, 5) is 2.22. The Morgan fingerprint density at radius 2 is 2.20 bits per heavy atom. The fraction of sp³-hybridized carbons (Fsp3) is 0.400. The Balaban J connectivity index is 1.82. The van der Waals surface area contributed by atoms with Crippen LogP contribution >= 0.6 is 0 Å². The zero-order chi connectivity index (χ0) is 14.1. The SMILES string of the molecule is Cc1noc(C)c1CN1CCOc2ccc(F)cc2C1. The van der Waals surface area contributed by atoms with Crippen molar-refractivity contribution in [3.63, 3.8) is 0 Å². The van der Waals surface area contributed by atoms with E-state index in [1.807, 2.05) is 13.8 Å². The van der Waals surface area contributed by atoms with Gasteiger partial charge in [-0.3, -0.25) is 4.90 Å². The first kappa shape index (κ1) is 13.1. The Morgan fingerprint density at radius 1 is 1.35 bits per heavy atom. The lowest BCUT2D eigenvalue weighted by molar-refractivity contribution is 0.218. The van der Waals surface area contributed by atoms with Crippen molar-refractivity contribution in [3.05, 3.63) is 46.6 Å². The van der Waals surface area contributed by atoms with Gasteiger partial charge < -0.3 is 9.26 Å². The van der Waals surface area contributed by atoms with Gasteiger partial charge in [-0.25, -0.2) is 4.39 Å². The Kier molecular flexibility index (Phi) is 3.44. The van der Waals surface area contributed by atoms with E-state index in [1.54, 1.807) is 12.1 Å². The summed E-state index contributed by atoms with van der Waals surface area (Å²) in [5.41, 5.74) is 2.89. The number of nitrogens with zero attached hydrogens (tertiary/aromatic N) is 2. The average Bonchev–Trinajstić information content (AvgIpc) is 2.64. The third-order valence-electron chi connectivity index (χ3n) is 3.64. The fourth-order valence-corrected chi connectivity index (χ4v) is 2.50. The van der Waals surface area contributed by atoms with Gasteiger partial charge in [0.1, 0.15) is 23.9 Å². The molecule has 0 fully saturated rings. The van der Waals surface area contributed by atoms with Crippen LogP contribution in [-0.4, -0.2) is 23.2 Å². The van der Waals surface area contributed by atoms with Crippen LogP contribution in [0.25, 0.3) is 0 Å². The van der Waals surface area contributed by atoms with Gasteiger partial charge in [-0.05, 0) is 32.0 Å². The van der Waals surface area contributed by atoms with E-state index in [4.69, 9.17) is 9.26 Å². The Hall–Kier alpha value is -1.88. The summed E-state index contributed by atoms with van der Waals surface area (Å²) in [5, 5.41) is 3.97. The maximum absolute atomic E-state index is 13.4. The molecule has 0 amide bonds. The van der Waals surface area contributed by atoms with E-state index in [9.17, 15) is 4.39 Å². The van der Waals surface area contributed by atoms with Gasteiger partial charge in [0.15, 0.2) is 0 Å². The van der Waals surface area contributed by atoms with Crippen LogP contribution in [0, 0.1) is 19.7 Å². The Labute approximate surface area is 117 Å². The van der Waals surface area contributed by atoms with Gasteiger partial charge in [-0.15, -0.1) is 0 Å². The van der Waals surface area contributed by atoms with E-state index >= 15 is 0 Å². The lowest BCUT2D eigenvalue weighted by Gasteiger charge is -2.19. The molecular weight excluding hydrogens is 259 g/mol. The second kappa shape index (κ2) is 5.25. The van der Waals surface area contributed by atoms with E-state index in [0.29, 0.717) is 13.2 Å². The molecule has 0 atom stereocenters. The van der Waals surface area contributed by atoms with E-state index < -0.39 is 0 Å². The molecule has 20 heavy (non-hydrogen) atoms. The maximum Gasteiger partial charge on any atom is 0.138 e. The molecule has 1 aliphatic rings. The van der Waals surface area contributed by atoms with Crippen LogP contribution in [0.3, 0.4) is 0 Å². The molecule has 0 N–H and O–H groups in total. The van der Waals surface area contributed by atoms with Crippen LogP contribution in [0.5, 0.6) is 5.75 Å². The van der Waals surface area contributed by atoms with Crippen LogP contribution in [0.1, 0.15) is 22.6 Å². The standard InChI is InChI=1S/C15H17FN2O2/c1-10-14(11(2)20-17-10)9-18-5-6-19-15-4-3-13(16)7-12(15)8-18/h3-4,7H,5-6,8-9H2,1-2H3. The van der Waals surface area contributed by atoms with E-state index in [1.165, 1.54) is 6.07 Å². The van der Waals surface area contributed by atoms with Gasteiger partial charge in [0.2, 0.25) is 0 Å². The maximum atomic E-state index is 13.4. The molecule has 1 aromatic heterocycles. The molecule has 2 heterocycles.